The number of rotatable bonds is 3. The molecule has 1 aliphatic rings. The molecule has 1 saturated heterocycles. The maximum atomic E-state index is 12.7. The van der Waals surface area contributed by atoms with Crippen LogP contribution in [0.2, 0.25) is 0 Å². The average molecular weight is 301 g/mol. The van der Waals surface area contributed by atoms with E-state index in [0.717, 1.165) is 12.8 Å². The number of hydrogen-bond donors (Lipinski definition) is 2. The van der Waals surface area contributed by atoms with Crippen molar-refractivity contribution in [3.63, 3.8) is 0 Å². The molecule has 1 atom stereocenters. The van der Waals surface area contributed by atoms with Crippen LogP contribution in [0, 0.1) is 0 Å². The third-order valence-electron chi connectivity index (χ3n) is 3.47. The van der Waals surface area contributed by atoms with Crippen molar-refractivity contribution in [2.45, 2.75) is 30.3 Å². The normalized spacial score (nSPS) is 20.8. The van der Waals surface area contributed by atoms with Crippen LogP contribution in [-0.4, -0.2) is 47.8 Å². The van der Waals surface area contributed by atoms with Crippen LogP contribution in [-0.2, 0) is 21.9 Å². The highest BCUT2D eigenvalue weighted by Crippen LogP contribution is 2.27. The molecule has 1 aromatic heterocycles. The summed E-state index contributed by atoms with van der Waals surface area (Å²) in [5.74, 6) is -0.345. The smallest absolute Gasteiger partial charge is 0.263 e. The second-order valence-electron chi connectivity index (χ2n) is 4.79. The number of carbonyl (C=O) groups excluding carboxylic acids is 1. The number of likely N-dealkylation sites (N-methyl/N-ethyl adjacent to an activating group) is 1. The van der Waals surface area contributed by atoms with Gasteiger partial charge in [0.1, 0.15) is 6.04 Å². The van der Waals surface area contributed by atoms with Gasteiger partial charge in [-0.2, -0.15) is 4.31 Å². The van der Waals surface area contributed by atoms with E-state index in [2.05, 4.69) is 10.3 Å². The zero-order chi connectivity index (χ0) is 14.9. The number of amides is 1. The number of nitrogens with zero attached hydrogens (tertiary/aromatic N) is 3. The first-order valence-corrected chi connectivity index (χ1v) is 7.84. The zero-order valence-corrected chi connectivity index (χ0v) is 12.4. The molecule has 20 heavy (non-hydrogen) atoms. The van der Waals surface area contributed by atoms with Crippen molar-refractivity contribution in [3.8, 4) is 0 Å². The topological polar surface area (TPSA) is 110 Å². The van der Waals surface area contributed by atoms with Gasteiger partial charge in [0.25, 0.3) is 10.0 Å². The summed E-state index contributed by atoms with van der Waals surface area (Å²) in [5.41, 5.74) is 5.65. The first kappa shape index (κ1) is 14.8. The SMILES string of the molecule is CNC(=O)C1CCCCN1S(=O)(=O)c1c(N)ncn1C. The van der Waals surface area contributed by atoms with E-state index in [4.69, 9.17) is 5.73 Å². The van der Waals surface area contributed by atoms with Crippen LogP contribution in [0.4, 0.5) is 5.82 Å². The third-order valence-corrected chi connectivity index (χ3v) is 5.51. The number of nitrogen functional groups attached to an aromatic ring is 1. The molecule has 1 fully saturated rings. The monoisotopic (exact) mass is 301 g/mol. The highest BCUT2D eigenvalue weighted by molar-refractivity contribution is 7.89. The zero-order valence-electron chi connectivity index (χ0n) is 11.5. The number of anilines is 1. The Labute approximate surface area is 118 Å². The number of sulfonamides is 1. The van der Waals surface area contributed by atoms with Gasteiger partial charge in [0.15, 0.2) is 10.8 Å². The lowest BCUT2D eigenvalue weighted by Crippen LogP contribution is -2.51. The summed E-state index contributed by atoms with van der Waals surface area (Å²) in [6, 6.07) is -0.687. The van der Waals surface area contributed by atoms with Gasteiger partial charge in [0.05, 0.1) is 6.33 Å². The van der Waals surface area contributed by atoms with Gasteiger partial charge in [0, 0.05) is 20.6 Å². The molecule has 0 saturated carbocycles. The summed E-state index contributed by atoms with van der Waals surface area (Å²) in [6.45, 7) is 0.311. The van der Waals surface area contributed by atoms with Crippen molar-refractivity contribution in [2.75, 3.05) is 19.3 Å². The van der Waals surface area contributed by atoms with Crippen molar-refractivity contribution in [2.24, 2.45) is 7.05 Å². The second kappa shape index (κ2) is 5.41. The molecule has 0 bridgehead atoms. The summed E-state index contributed by atoms with van der Waals surface area (Å²) in [4.78, 5) is 15.7. The lowest BCUT2D eigenvalue weighted by molar-refractivity contribution is -0.125. The van der Waals surface area contributed by atoms with Gasteiger partial charge in [-0.25, -0.2) is 13.4 Å². The van der Waals surface area contributed by atoms with E-state index in [1.54, 1.807) is 7.05 Å². The van der Waals surface area contributed by atoms with Crippen molar-refractivity contribution < 1.29 is 13.2 Å². The van der Waals surface area contributed by atoms with Gasteiger partial charge in [0.2, 0.25) is 5.91 Å². The summed E-state index contributed by atoms with van der Waals surface area (Å²) >= 11 is 0. The van der Waals surface area contributed by atoms with E-state index < -0.39 is 16.1 Å². The molecule has 1 aromatic rings. The molecule has 2 heterocycles. The Hall–Kier alpha value is -1.61. The number of hydrogen-bond acceptors (Lipinski definition) is 5. The molecule has 9 heteroatoms. The van der Waals surface area contributed by atoms with Gasteiger partial charge < -0.3 is 15.6 Å². The Bertz CT molecular complexity index is 590. The molecule has 0 aromatic carbocycles. The largest absolute Gasteiger partial charge is 0.381 e. The highest BCUT2D eigenvalue weighted by atomic mass is 32.2. The molecular formula is C11H19N5O3S. The summed E-state index contributed by atoms with van der Waals surface area (Å²) in [7, 11) is -0.772. The molecule has 1 amide bonds. The first-order valence-electron chi connectivity index (χ1n) is 6.40. The number of piperidine rings is 1. The third kappa shape index (κ3) is 2.38. The number of nitrogens with two attached hydrogens (primary N) is 1. The summed E-state index contributed by atoms with van der Waals surface area (Å²) in [6.07, 6.45) is 3.41. The summed E-state index contributed by atoms with van der Waals surface area (Å²) < 4.78 is 28.0. The standard InChI is InChI=1S/C11H19N5O3S/c1-13-10(17)8-5-3-4-6-16(8)20(18,19)11-9(12)14-7-15(11)2/h7-8H,3-6,12H2,1-2H3,(H,13,17). The molecular weight excluding hydrogens is 282 g/mol. The highest BCUT2D eigenvalue weighted by Gasteiger charge is 2.39. The van der Waals surface area contributed by atoms with Crippen molar-refractivity contribution in [1.82, 2.24) is 19.2 Å². The van der Waals surface area contributed by atoms with Gasteiger partial charge in [-0.05, 0) is 12.8 Å². The lowest BCUT2D eigenvalue weighted by atomic mass is 10.0. The van der Waals surface area contributed by atoms with Crippen LogP contribution in [0.3, 0.4) is 0 Å². The van der Waals surface area contributed by atoms with Crippen molar-refractivity contribution >= 4 is 21.7 Å². The number of aromatic nitrogens is 2. The Morgan fingerprint density at radius 1 is 1.50 bits per heavy atom. The number of nitrogens with one attached hydrogen (secondary N) is 1. The van der Waals surface area contributed by atoms with Gasteiger partial charge in [-0.3, -0.25) is 4.79 Å². The van der Waals surface area contributed by atoms with Crippen molar-refractivity contribution in [3.05, 3.63) is 6.33 Å². The quantitative estimate of drug-likeness (QED) is 0.766. The number of carbonyl (C=O) groups is 1. The minimum atomic E-state index is -3.84. The maximum Gasteiger partial charge on any atom is 0.263 e. The Balaban J connectivity index is 2.44. The van der Waals surface area contributed by atoms with E-state index in [1.165, 1.54) is 22.2 Å². The molecule has 0 spiro atoms. The van der Waals surface area contributed by atoms with E-state index in [9.17, 15) is 13.2 Å². The molecule has 0 radical (unpaired) electrons. The maximum absolute atomic E-state index is 12.7. The molecule has 1 unspecified atom stereocenters. The van der Waals surface area contributed by atoms with Crippen LogP contribution in [0.5, 0.6) is 0 Å². The summed E-state index contributed by atoms with van der Waals surface area (Å²) in [5, 5.41) is 2.45. The van der Waals surface area contributed by atoms with Crippen LogP contribution >= 0.6 is 0 Å². The predicted octanol–water partition coefficient (Wildman–Crippen LogP) is -0.708. The van der Waals surface area contributed by atoms with Crippen molar-refractivity contribution in [1.29, 1.82) is 0 Å². The van der Waals surface area contributed by atoms with Crippen LogP contribution in [0.1, 0.15) is 19.3 Å². The minimum absolute atomic E-state index is 0.0475. The average Bonchev–Trinajstić information content (AvgIpc) is 2.77. The fourth-order valence-electron chi connectivity index (χ4n) is 2.48. The van der Waals surface area contributed by atoms with Gasteiger partial charge in [-0.1, -0.05) is 6.42 Å². The first-order chi connectivity index (χ1) is 9.39. The van der Waals surface area contributed by atoms with Crippen LogP contribution in [0.15, 0.2) is 11.4 Å². The van der Waals surface area contributed by atoms with Crippen LogP contribution in [0.25, 0.3) is 0 Å². The molecule has 112 valence electrons. The van der Waals surface area contributed by atoms with E-state index in [1.807, 2.05) is 0 Å². The minimum Gasteiger partial charge on any atom is -0.381 e. The van der Waals surface area contributed by atoms with E-state index in [-0.39, 0.29) is 16.8 Å². The molecule has 0 aliphatic carbocycles. The molecule has 8 nitrogen and oxygen atoms in total. The fourth-order valence-corrected chi connectivity index (χ4v) is 4.34. The van der Waals surface area contributed by atoms with E-state index >= 15 is 0 Å². The predicted molar refractivity (Wildman–Crippen MR) is 73.2 cm³/mol. The second-order valence-corrected chi connectivity index (χ2v) is 6.59. The number of imidazole rings is 1. The fraction of sp³-hybridized carbons (Fsp3) is 0.636. The molecule has 1 aliphatic heterocycles. The Morgan fingerprint density at radius 2 is 2.20 bits per heavy atom. The van der Waals surface area contributed by atoms with Crippen LogP contribution < -0.4 is 11.1 Å². The Kier molecular flexibility index (Phi) is 4.00. The number of aryl methyl sites for hydroxylation is 1. The van der Waals surface area contributed by atoms with Gasteiger partial charge >= 0.3 is 0 Å². The van der Waals surface area contributed by atoms with E-state index in [0.29, 0.717) is 13.0 Å². The molecule has 2 rings (SSSR count). The lowest BCUT2D eigenvalue weighted by Gasteiger charge is -2.33. The van der Waals surface area contributed by atoms with Gasteiger partial charge in [-0.15, -0.1) is 0 Å². The Morgan fingerprint density at radius 3 is 2.75 bits per heavy atom. The molecule has 3 N–H and O–H groups in total.